The van der Waals surface area contributed by atoms with Gasteiger partial charge in [-0.3, -0.25) is 4.79 Å². The zero-order chi connectivity index (χ0) is 12.7. The first-order valence-corrected chi connectivity index (χ1v) is 7.37. The van der Waals surface area contributed by atoms with E-state index in [9.17, 15) is 10.1 Å². The van der Waals surface area contributed by atoms with E-state index in [2.05, 4.69) is 13.0 Å². The predicted octanol–water partition coefficient (Wildman–Crippen LogP) is 2.87. The molecule has 0 bridgehead atoms. The van der Waals surface area contributed by atoms with Gasteiger partial charge in [0, 0.05) is 17.8 Å². The standard InChI is InChI=1S/C14H16N2OS/c1-9-4-5-10-11(8-15)14(18-12(10)7-9)16-6-2-3-13(16)17/h9H,2-7H2,1H3. The molecule has 1 unspecified atom stereocenters. The highest BCUT2D eigenvalue weighted by Gasteiger charge is 2.30. The molecule has 0 N–H and O–H groups in total. The van der Waals surface area contributed by atoms with Gasteiger partial charge in [0.2, 0.25) is 5.91 Å². The molecule has 1 aliphatic heterocycles. The number of amides is 1. The summed E-state index contributed by atoms with van der Waals surface area (Å²) in [5, 5.41) is 10.3. The van der Waals surface area contributed by atoms with Crippen LogP contribution >= 0.6 is 11.3 Å². The first-order chi connectivity index (χ1) is 8.70. The average molecular weight is 260 g/mol. The summed E-state index contributed by atoms with van der Waals surface area (Å²) in [6.07, 6.45) is 4.77. The number of hydrogen-bond donors (Lipinski definition) is 0. The van der Waals surface area contributed by atoms with Crippen molar-refractivity contribution >= 4 is 22.2 Å². The van der Waals surface area contributed by atoms with E-state index in [0.717, 1.165) is 42.8 Å². The number of nitrogens with zero attached hydrogens (tertiary/aromatic N) is 2. The number of fused-ring (bicyclic) bond motifs is 1. The summed E-state index contributed by atoms with van der Waals surface area (Å²) in [7, 11) is 0. The summed E-state index contributed by atoms with van der Waals surface area (Å²) in [4.78, 5) is 15.0. The van der Waals surface area contributed by atoms with Crippen molar-refractivity contribution < 1.29 is 4.79 Å². The number of rotatable bonds is 1. The Bertz CT molecular complexity index is 541. The molecule has 3 nitrogen and oxygen atoms in total. The van der Waals surface area contributed by atoms with E-state index in [1.165, 1.54) is 10.4 Å². The third-order valence-corrected chi connectivity index (χ3v) is 5.20. The average Bonchev–Trinajstić information content (AvgIpc) is 2.91. The summed E-state index contributed by atoms with van der Waals surface area (Å²) in [5.74, 6) is 0.878. The van der Waals surface area contributed by atoms with Gasteiger partial charge in [0.25, 0.3) is 0 Å². The molecule has 0 aromatic carbocycles. The molecule has 1 fully saturated rings. The number of hydrogen-bond acceptors (Lipinski definition) is 3. The van der Waals surface area contributed by atoms with Gasteiger partial charge in [-0.05, 0) is 37.2 Å². The maximum absolute atomic E-state index is 11.8. The molecule has 0 radical (unpaired) electrons. The van der Waals surface area contributed by atoms with Crippen LogP contribution in [-0.4, -0.2) is 12.5 Å². The normalized spacial score (nSPS) is 23.0. The van der Waals surface area contributed by atoms with Crippen molar-refractivity contribution in [2.75, 3.05) is 11.4 Å². The van der Waals surface area contributed by atoms with Gasteiger partial charge < -0.3 is 4.90 Å². The van der Waals surface area contributed by atoms with Crippen molar-refractivity contribution in [2.24, 2.45) is 5.92 Å². The Morgan fingerprint density at radius 3 is 2.94 bits per heavy atom. The minimum atomic E-state index is 0.179. The molecule has 18 heavy (non-hydrogen) atoms. The van der Waals surface area contributed by atoms with Crippen LogP contribution < -0.4 is 4.90 Å². The van der Waals surface area contributed by atoms with Crippen LogP contribution in [0.3, 0.4) is 0 Å². The van der Waals surface area contributed by atoms with Crippen molar-refractivity contribution in [1.82, 2.24) is 0 Å². The van der Waals surface area contributed by atoms with Gasteiger partial charge in [0.1, 0.15) is 11.1 Å². The molecule has 4 heteroatoms. The predicted molar refractivity (Wildman–Crippen MR) is 71.8 cm³/mol. The molecular weight excluding hydrogens is 244 g/mol. The van der Waals surface area contributed by atoms with Crippen LogP contribution in [0.1, 0.15) is 42.2 Å². The molecule has 1 aliphatic carbocycles. The van der Waals surface area contributed by atoms with Gasteiger partial charge in [-0.25, -0.2) is 0 Å². The molecule has 1 amide bonds. The lowest BCUT2D eigenvalue weighted by atomic mass is 9.88. The second-order valence-electron chi connectivity index (χ2n) is 5.29. The quantitative estimate of drug-likeness (QED) is 0.779. The molecule has 2 heterocycles. The number of thiophene rings is 1. The van der Waals surface area contributed by atoms with Crippen LogP contribution in [0.15, 0.2) is 0 Å². The summed E-state index contributed by atoms with van der Waals surface area (Å²) in [6, 6.07) is 2.33. The summed E-state index contributed by atoms with van der Waals surface area (Å²) < 4.78 is 0. The van der Waals surface area contributed by atoms with Gasteiger partial charge in [0.15, 0.2) is 0 Å². The minimum absolute atomic E-state index is 0.179. The zero-order valence-corrected chi connectivity index (χ0v) is 11.3. The molecule has 1 aromatic heterocycles. The van der Waals surface area contributed by atoms with Gasteiger partial charge in [0.05, 0.1) is 5.56 Å². The lowest BCUT2D eigenvalue weighted by Crippen LogP contribution is -2.23. The first-order valence-electron chi connectivity index (χ1n) is 6.55. The third-order valence-electron chi connectivity index (χ3n) is 3.92. The molecule has 94 valence electrons. The van der Waals surface area contributed by atoms with E-state index in [1.807, 2.05) is 4.90 Å². The fourth-order valence-electron chi connectivity index (χ4n) is 2.90. The highest BCUT2D eigenvalue weighted by molar-refractivity contribution is 7.16. The molecule has 0 spiro atoms. The monoisotopic (exact) mass is 260 g/mol. The van der Waals surface area contributed by atoms with E-state index in [0.29, 0.717) is 12.3 Å². The number of carbonyl (C=O) groups is 1. The van der Waals surface area contributed by atoms with Crippen LogP contribution in [0.2, 0.25) is 0 Å². The van der Waals surface area contributed by atoms with Crippen molar-refractivity contribution in [3.63, 3.8) is 0 Å². The molecular formula is C14H16N2OS. The second-order valence-corrected chi connectivity index (χ2v) is 6.38. The summed E-state index contributed by atoms with van der Waals surface area (Å²) >= 11 is 1.67. The van der Waals surface area contributed by atoms with Gasteiger partial charge in [-0.2, -0.15) is 5.26 Å². The Morgan fingerprint density at radius 2 is 2.28 bits per heavy atom. The van der Waals surface area contributed by atoms with Crippen LogP contribution in [0.5, 0.6) is 0 Å². The first kappa shape index (κ1) is 11.7. The van der Waals surface area contributed by atoms with E-state index in [-0.39, 0.29) is 5.91 Å². The van der Waals surface area contributed by atoms with Crippen LogP contribution in [-0.2, 0) is 17.6 Å². The maximum atomic E-state index is 11.8. The smallest absolute Gasteiger partial charge is 0.227 e. The van der Waals surface area contributed by atoms with Crippen LogP contribution in [0.4, 0.5) is 5.00 Å². The van der Waals surface area contributed by atoms with Crippen molar-refractivity contribution in [1.29, 1.82) is 5.26 Å². The van der Waals surface area contributed by atoms with Crippen molar-refractivity contribution in [2.45, 2.75) is 39.0 Å². The Balaban J connectivity index is 2.05. The zero-order valence-electron chi connectivity index (χ0n) is 10.5. The summed E-state index contributed by atoms with van der Waals surface area (Å²) in [6.45, 7) is 3.04. The van der Waals surface area contributed by atoms with Crippen molar-refractivity contribution in [3.05, 3.63) is 16.0 Å². The Labute approximate surface area is 111 Å². The van der Waals surface area contributed by atoms with Crippen LogP contribution in [0.25, 0.3) is 0 Å². The Morgan fingerprint density at radius 1 is 1.44 bits per heavy atom. The number of carbonyl (C=O) groups excluding carboxylic acids is 1. The molecule has 2 aliphatic rings. The minimum Gasteiger partial charge on any atom is -0.303 e. The Hall–Kier alpha value is -1.34. The lowest BCUT2D eigenvalue weighted by Gasteiger charge is -2.17. The fraction of sp³-hybridized carbons (Fsp3) is 0.571. The number of anilines is 1. The third kappa shape index (κ3) is 1.74. The Kier molecular flexibility index (Phi) is 2.87. The van der Waals surface area contributed by atoms with Gasteiger partial charge in [-0.15, -0.1) is 11.3 Å². The molecule has 3 rings (SSSR count). The highest BCUT2D eigenvalue weighted by atomic mass is 32.1. The van der Waals surface area contributed by atoms with Gasteiger partial charge >= 0.3 is 0 Å². The molecule has 0 saturated carbocycles. The highest BCUT2D eigenvalue weighted by Crippen LogP contribution is 2.42. The van der Waals surface area contributed by atoms with E-state index in [1.54, 1.807) is 11.3 Å². The molecule has 1 saturated heterocycles. The SMILES string of the molecule is CC1CCc2c(sc(N3CCCC3=O)c2C#N)C1. The second kappa shape index (κ2) is 4.40. The van der Waals surface area contributed by atoms with Crippen LogP contribution in [0, 0.1) is 17.2 Å². The number of nitriles is 1. The van der Waals surface area contributed by atoms with Crippen molar-refractivity contribution in [3.8, 4) is 6.07 Å². The van der Waals surface area contributed by atoms with E-state index < -0.39 is 0 Å². The van der Waals surface area contributed by atoms with E-state index in [4.69, 9.17) is 0 Å². The molecule has 1 atom stereocenters. The maximum Gasteiger partial charge on any atom is 0.227 e. The fourth-order valence-corrected chi connectivity index (χ4v) is 4.41. The lowest BCUT2D eigenvalue weighted by molar-refractivity contribution is -0.117. The summed E-state index contributed by atoms with van der Waals surface area (Å²) in [5.41, 5.74) is 1.99. The van der Waals surface area contributed by atoms with Gasteiger partial charge in [-0.1, -0.05) is 6.92 Å². The topological polar surface area (TPSA) is 44.1 Å². The molecule has 1 aromatic rings. The largest absolute Gasteiger partial charge is 0.303 e. The van der Waals surface area contributed by atoms with E-state index >= 15 is 0 Å².